The molecule has 0 radical (unpaired) electrons. The molecule has 0 aliphatic carbocycles. The van der Waals surface area contributed by atoms with Gasteiger partial charge in [0, 0.05) is 11.6 Å². The van der Waals surface area contributed by atoms with E-state index in [2.05, 4.69) is 20.3 Å². The SMILES string of the molecule is CC(C)(C)C(=O)Nc1nc(Cl)c2[nH]ccc2n1. The smallest absolute Gasteiger partial charge is 0.232 e. The van der Waals surface area contributed by atoms with E-state index in [4.69, 9.17) is 11.6 Å². The summed E-state index contributed by atoms with van der Waals surface area (Å²) in [6, 6.07) is 1.77. The summed E-state index contributed by atoms with van der Waals surface area (Å²) < 4.78 is 0. The molecule has 90 valence electrons. The molecule has 0 aliphatic rings. The zero-order valence-corrected chi connectivity index (χ0v) is 10.6. The minimum atomic E-state index is -0.497. The number of fused-ring (bicyclic) bond motifs is 1. The molecule has 2 aromatic rings. The van der Waals surface area contributed by atoms with Crippen LogP contribution in [-0.2, 0) is 4.79 Å². The molecule has 0 fully saturated rings. The van der Waals surface area contributed by atoms with Crippen molar-refractivity contribution in [2.75, 3.05) is 5.32 Å². The number of amides is 1. The van der Waals surface area contributed by atoms with E-state index < -0.39 is 5.41 Å². The number of hydrogen-bond donors (Lipinski definition) is 2. The van der Waals surface area contributed by atoms with Crippen LogP contribution in [0.1, 0.15) is 20.8 Å². The number of carbonyl (C=O) groups excluding carboxylic acids is 1. The van der Waals surface area contributed by atoms with Crippen LogP contribution in [0.15, 0.2) is 12.3 Å². The maximum Gasteiger partial charge on any atom is 0.232 e. The van der Waals surface area contributed by atoms with E-state index in [-0.39, 0.29) is 11.9 Å². The lowest BCUT2D eigenvalue weighted by molar-refractivity contribution is -0.123. The number of carbonyl (C=O) groups is 1. The summed E-state index contributed by atoms with van der Waals surface area (Å²) in [5.74, 6) is 0.0745. The van der Waals surface area contributed by atoms with E-state index >= 15 is 0 Å². The highest BCUT2D eigenvalue weighted by atomic mass is 35.5. The number of hydrogen-bond acceptors (Lipinski definition) is 3. The summed E-state index contributed by atoms with van der Waals surface area (Å²) in [5.41, 5.74) is 0.845. The number of rotatable bonds is 1. The Kier molecular flexibility index (Phi) is 2.79. The van der Waals surface area contributed by atoms with E-state index in [0.29, 0.717) is 16.2 Å². The van der Waals surface area contributed by atoms with Crippen LogP contribution in [0.5, 0.6) is 0 Å². The second kappa shape index (κ2) is 4.00. The Hall–Kier alpha value is -1.62. The molecule has 2 heterocycles. The lowest BCUT2D eigenvalue weighted by Crippen LogP contribution is -2.28. The van der Waals surface area contributed by atoms with Crippen LogP contribution in [0.25, 0.3) is 11.0 Å². The van der Waals surface area contributed by atoms with Crippen LogP contribution in [0.3, 0.4) is 0 Å². The number of aromatic nitrogens is 3. The summed E-state index contributed by atoms with van der Waals surface area (Å²) in [4.78, 5) is 22.9. The van der Waals surface area contributed by atoms with E-state index in [0.717, 1.165) is 0 Å². The van der Waals surface area contributed by atoms with Gasteiger partial charge >= 0.3 is 0 Å². The van der Waals surface area contributed by atoms with Gasteiger partial charge in [-0.3, -0.25) is 10.1 Å². The summed E-state index contributed by atoms with van der Waals surface area (Å²) in [6.45, 7) is 5.45. The van der Waals surface area contributed by atoms with Gasteiger partial charge in [0.15, 0.2) is 5.15 Å². The third-order valence-corrected chi connectivity index (χ3v) is 2.54. The van der Waals surface area contributed by atoms with Gasteiger partial charge in [-0.05, 0) is 6.07 Å². The molecule has 0 bridgehead atoms. The number of H-pyrrole nitrogens is 1. The molecular weight excluding hydrogens is 240 g/mol. The molecule has 2 N–H and O–H groups in total. The van der Waals surface area contributed by atoms with Gasteiger partial charge in [-0.25, -0.2) is 4.98 Å². The number of nitrogens with one attached hydrogen (secondary N) is 2. The van der Waals surface area contributed by atoms with Crippen LogP contribution in [0.2, 0.25) is 5.15 Å². The molecular formula is C11H13ClN4O. The van der Waals surface area contributed by atoms with Crippen molar-refractivity contribution in [3.8, 4) is 0 Å². The minimum absolute atomic E-state index is 0.150. The van der Waals surface area contributed by atoms with Crippen molar-refractivity contribution in [1.29, 1.82) is 0 Å². The zero-order chi connectivity index (χ0) is 12.6. The molecule has 0 saturated carbocycles. The van der Waals surface area contributed by atoms with Crippen molar-refractivity contribution < 1.29 is 4.79 Å². The van der Waals surface area contributed by atoms with E-state index in [1.54, 1.807) is 12.3 Å². The van der Waals surface area contributed by atoms with Gasteiger partial charge < -0.3 is 4.98 Å². The Morgan fingerprint density at radius 3 is 2.76 bits per heavy atom. The maximum absolute atomic E-state index is 11.8. The Labute approximate surface area is 104 Å². The van der Waals surface area contributed by atoms with E-state index in [1.807, 2.05) is 20.8 Å². The standard InChI is InChI=1S/C11H13ClN4O/c1-11(2,3)9(17)16-10-14-6-4-5-13-7(6)8(12)15-10/h4-5,13H,1-3H3,(H,14,15,16,17). The van der Waals surface area contributed by atoms with Crippen molar-refractivity contribution in [3.05, 3.63) is 17.4 Å². The van der Waals surface area contributed by atoms with Crippen LogP contribution < -0.4 is 5.32 Å². The highest BCUT2D eigenvalue weighted by Gasteiger charge is 2.22. The molecule has 0 spiro atoms. The molecule has 2 rings (SSSR count). The zero-order valence-electron chi connectivity index (χ0n) is 9.84. The molecule has 0 unspecified atom stereocenters. The first-order valence-electron chi connectivity index (χ1n) is 5.20. The normalized spacial score (nSPS) is 11.8. The second-order valence-corrected chi connectivity index (χ2v) is 5.14. The Bertz CT molecular complexity index is 570. The predicted molar refractivity (Wildman–Crippen MR) is 67.0 cm³/mol. The average molecular weight is 253 g/mol. The van der Waals surface area contributed by atoms with Crippen LogP contribution in [0.4, 0.5) is 5.95 Å². The van der Waals surface area contributed by atoms with Gasteiger partial charge in [0.2, 0.25) is 11.9 Å². The Balaban J connectivity index is 2.34. The fraction of sp³-hybridized carbons (Fsp3) is 0.364. The van der Waals surface area contributed by atoms with E-state index in [1.165, 1.54) is 0 Å². The van der Waals surface area contributed by atoms with Crippen molar-refractivity contribution >= 4 is 34.5 Å². The Morgan fingerprint density at radius 1 is 1.41 bits per heavy atom. The topological polar surface area (TPSA) is 70.7 Å². The van der Waals surface area contributed by atoms with Crippen molar-refractivity contribution in [2.45, 2.75) is 20.8 Å². The quantitative estimate of drug-likeness (QED) is 0.767. The second-order valence-electron chi connectivity index (χ2n) is 4.78. The van der Waals surface area contributed by atoms with Crippen molar-refractivity contribution in [2.24, 2.45) is 5.41 Å². The third-order valence-electron chi connectivity index (χ3n) is 2.27. The van der Waals surface area contributed by atoms with Gasteiger partial charge in [0.25, 0.3) is 0 Å². The maximum atomic E-state index is 11.8. The number of anilines is 1. The van der Waals surface area contributed by atoms with Crippen molar-refractivity contribution in [1.82, 2.24) is 15.0 Å². The van der Waals surface area contributed by atoms with Crippen molar-refractivity contribution in [3.63, 3.8) is 0 Å². The highest BCUT2D eigenvalue weighted by Crippen LogP contribution is 2.21. The minimum Gasteiger partial charge on any atom is -0.357 e. The van der Waals surface area contributed by atoms with Crippen LogP contribution >= 0.6 is 11.6 Å². The fourth-order valence-electron chi connectivity index (χ4n) is 1.25. The highest BCUT2D eigenvalue weighted by molar-refractivity contribution is 6.33. The molecule has 2 aromatic heterocycles. The monoisotopic (exact) mass is 252 g/mol. The Morgan fingerprint density at radius 2 is 2.12 bits per heavy atom. The molecule has 0 aromatic carbocycles. The summed E-state index contributed by atoms with van der Waals surface area (Å²) >= 11 is 5.97. The number of halogens is 1. The molecule has 0 saturated heterocycles. The number of aromatic amines is 1. The lowest BCUT2D eigenvalue weighted by atomic mass is 9.96. The molecule has 5 nitrogen and oxygen atoms in total. The molecule has 0 aliphatic heterocycles. The summed E-state index contributed by atoms with van der Waals surface area (Å²) in [7, 11) is 0. The van der Waals surface area contributed by atoms with Crippen LogP contribution in [0, 0.1) is 5.41 Å². The number of nitrogens with zero attached hydrogens (tertiary/aromatic N) is 2. The lowest BCUT2D eigenvalue weighted by Gasteiger charge is -2.16. The van der Waals surface area contributed by atoms with Gasteiger partial charge in [0.05, 0.1) is 5.52 Å². The van der Waals surface area contributed by atoms with Gasteiger partial charge in [-0.2, -0.15) is 4.98 Å². The van der Waals surface area contributed by atoms with Gasteiger partial charge in [-0.1, -0.05) is 32.4 Å². The third kappa shape index (κ3) is 2.39. The molecule has 17 heavy (non-hydrogen) atoms. The first-order chi connectivity index (χ1) is 7.88. The summed E-state index contributed by atoms with van der Waals surface area (Å²) in [6.07, 6.45) is 1.72. The van der Waals surface area contributed by atoms with E-state index in [9.17, 15) is 4.79 Å². The first kappa shape index (κ1) is 11.9. The van der Waals surface area contributed by atoms with Crippen LogP contribution in [-0.4, -0.2) is 20.9 Å². The fourth-order valence-corrected chi connectivity index (χ4v) is 1.48. The molecule has 1 amide bonds. The summed E-state index contributed by atoms with van der Waals surface area (Å²) in [5, 5.41) is 2.94. The predicted octanol–water partition coefficient (Wildman–Crippen LogP) is 2.60. The molecule has 0 atom stereocenters. The average Bonchev–Trinajstić information content (AvgIpc) is 2.64. The largest absolute Gasteiger partial charge is 0.357 e. The van der Waals surface area contributed by atoms with Gasteiger partial charge in [0.1, 0.15) is 5.52 Å². The van der Waals surface area contributed by atoms with Gasteiger partial charge in [-0.15, -0.1) is 0 Å². The first-order valence-corrected chi connectivity index (χ1v) is 5.58. The molecule has 6 heteroatoms.